The Morgan fingerprint density at radius 2 is 2.00 bits per heavy atom. The smallest absolute Gasteiger partial charge is 0.118 e. The molecular formula is C19H23N3O. The molecule has 0 spiro atoms. The molecule has 2 N–H and O–H groups in total. The summed E-state index contributed by atoms with van der Waals surface area (Å²) in [5.74, 6) is 0.942. The SMILES string of the molecule is Cc1c(N)cccc1CN1C=CC(OCCn2cccc2)=CC1. The molecule has 0 aliphatic carbocycles. The highest BCUT2D eigenvalue weighted by atomic mass is 16.5. The number of nitrogen functional groups attached to an aromatic ring is 1. The largest absolute Gasteiger partial charge is 0.492 e. The van der Waals surface area contributed by atoms with Crippen molar-refractivity contribution in [1.82, 2.24) is 9.47 Å². The van der Waals surface area contributed by atoms with Crippen LogP contribution in [0.4, 0.5) is 5.69 Å². The molecular weight excluding hydrogens is 286 g/mol. The first-order chi connectivity index (χ1) is 11.2. The molecule has 0 amide bonds. The van der Waals surface area contributed by atoms with Crippen LogP contribution in [-0.2, 0) is 17.8 Å². The minimum absolute atomic E-state index is 0.680. The van der Waals surface area contributed by atoms with Crippen molar-refractivity contribution in [3.05, 3.63) is 78.0 Å². The first-order valence-electron chi connectivity index (χ1n) is 7.92. The third kappa shape index (κ3) is 3.97. The maximum atomic E-state index is 5.97. The van der Waals surface area contributed by atoms with Gasteiger partial charge in [0.1, 0.15) is 12.4 Å². The molecule has 0 fully saturated rings. The number of ether oxygens (including phenoxy) is 1. The van der Waals surface area contributed by atoms with Gasteiger partial charge in [0.2, 0.25) is 0 Å². The number of benzene rings is 1. The Bertz CT molecular complexity index is 701. The van der Waals surface area contributed by atoms with E-state index in [1.54, 1.807) is 0 Å². The predicted octanol–water partition coefficient (Wildman–Crippen LogP) is 3.31. The Hall–Kier alpha value is -2.62. The van der Waals surface area contributed by atoms with Crippen LogP contribution in [0.15, 0.2) is 66.8 Å². The minimum Gasteiger partial charge on any atom is -0.492 e. The van der Waals surface area contributed by atoms with Crippen molar-refractivity contribution in [3.63, 3.8) is 0 Å². The van der Waals surface area contributed by atoms with Crippen molar-refractivity contribution >= 4 is 5.69 Å². The lowest BCUT2D eigenvalue weighted by Gasteiger charge is -2.24. The molecule has 0 unspecified atom stereocenters. The summed E-state index contributed by atoms with van der Waals surface area (Å²) < 4.78 is 7.92. The topological polar surface area (TPSA) is 43.4 Å². The summed E-state index contributed by atoms with van der Waals surface area (Å²) in [6.45, 7) is 5.33. The van der Waals surface area contributed by atoms with Crippen molar-refractivity contribution in [2.45, 2.75) is 20.0 Å². The zero-order valence-corrected chi connectivity index (χ0v) is 13.5. The molecule has 2 heterocycles. The highest BCUT2D eigenvalue weighted by molar-refractivity contribution is 5.50. The number of rotatable bonds is 6. The van der Waals surface area contributed by atoms with Crippen LogP contribution in [-0.4, -0.2) is 22.6 Å². The van der Waals surface area contributed by atoms with Gasteiger partial charge < -0.3 is 19.9 Å². The third-order valence-corrected chi connectivity index (χ3v) is 4.12. The molecule has 0 atom stereocenters. The monoisotopic (exact) mass is 309 g/mol. The molecule has 1 aliphatic heterocycles. The number of aromatic nitrogens is 1. The van der Waals surface area contributed by atoms with E-state index in [9.17, 15) is 0 Å². The summed E-state index contributed by atoms with van der Waals surface area (Å²) >= 11 is 0. The molecule has 4 nitrogen and oxygen atoms in total. The van der Waals surface area contributed by atoms with Crippen LogP contribution in [0.5, 0.6) is 0 Å². The van der Waals surface area contributed by atoms with Gasteiger partial charge in [0.05, 0.1) is 6.54 Å². The van der Waals surface area contributed by atoms with Gasteiger partial charge in [-0.1, -0.05) is 12.1 Å². The molecule has 120 valence electrons. The summed E-state index contributed by atoms with van der Waals surface area (Å²) in [5, 5.41) is 0. The Morgan fingerprint density at radius 3 is 2.74 bits per heavy atom. The highest BCUT2D eigenvalue weighted by Gasteiger charge is 2.09. The third-order valence-electron chi connectivity index (χ3n) is 4.12. The van der Waals surface area contributed by atoms with E-state index in [0.29, 0.717) is 6.61 Å². The molecule has 0 saturated heterocycles. The van der Waals surface area contributed by atoms with Crippen molar-refractivity contribution in [3.8, 4) is 0 Å². The van der Waals surface area contributed by atoms with E-state index in [-0.39, 0.29) is 0 Å². The van der Waals surface area contributed by atoms with Gasteiger partial charge in [-0.25, -0.2) is 0 Å². The van der Waals surface area contributed by atoms with Gasteiger partial charge in [0.15, 0.2) is 0 Å². The zero-order chi connectivity index (χ0) is 16.1. The zero-order valence-electron chi connectivity index (χ0n) is 13.5. The van der Waals surface area contributed by atoms with Crippen LogP contribution in [0.25, 0.3) is 0 Å². The Balaban J connectivity index is 1.48. The molecule has 1 aliphatic rings. The van der Waals surface area contributed by atoms with E-state index < -0.39 is 0 Å². The molecule has 3 rings (SSSR count). The first-order valence-corrected chi connectivity index (χ1v) is 7.92. The summed E-state index contributed by atoms with van der Waals surface area (Å²) in [6.07, 6.45) is 10.3. The summed E-state index contributed by atoms with van der Waals surface area (Å²) in [7, 11) is 0. The second-order valence-electron chi connectivity index (χ2n) is 5.75. The Morgan fingerprint density at radius 1 is 1.17 bits per heavy atom. The second kappa shape index (κ2) is 7.09. The lowest BCUT2D eigenvalue weighted by atomic mass is 10.1. The molecule has 1 aromatic carbocycles. The molecule has 0 saturated carbocycles. The Labute approximate surface area is 137 Å². The van der Waals surface area contributed by atoms with Crippen LogP contribution in [0.2, 0.25) is 0 Å². The van der Waals surface area contributed by atoms with Crippen molar-refractivity contribution in [2.75, 3.05) is 18.9 Å². The van der Waals surface area contributed by atoms with Gasteiger partial charge >= 0.3 is 0 Å². The van der Waals surface area contributed by atoms with Crippen LogP contribution in [0.1, 0.15) is 11.1 Å². The van der Waals surface area contributed by atoms with Crippen LogP contribution < -0.4 is 5.73 Å². The van der Waals surface area contributed by atoms with Gasteiger partial charge in [0, 0.05) is 37.4 Å². The number of allylic oxidation sites excluding steroid dienone is 1. The number of nitrogens with two attached hydrogens (primary N) is 1. The second-order valence-corrected chi connectivity index (χ2v) is 5.75. The molecule has 4 heteroatoms. The van der Waals surface area contributed by atoms with Crippen molar-refractivity contribution in [2.24, 2.45) is 0 Å². The minimum atomic E-state index is 0.680. The van der Waals surface area contributed by atoms with Gasteiger partial charge in [-0.2, -0.15) is 0 Å². The number of hydrogen-bond acceptors (Lipinski definition) is 3. The Kier molecular flexibility index (Phi) is 4.71. The van der Waals surface area contributed by atoms with E-state index in [1.807, 2.05) is 42.7 Å². The lowest BCUT2D eigenvalue weighted by molar-refractivity contribution is 0.205. The van der Waals surface area contributed by atoms with Gasteiger partial charge in [0.25, 0.3) is 0 Å². The first kappa shape index (κ1) is 15.3. The van der Waals surface area contributed by atoms with E-state index >= 15 is 0 Å². The average molecular weight is 309 g/mol. The quantitative estimate of drug-likeness (QED) is 0.833. The van der Waals surface area contributed by atoms with Gasteiger partial charge in [-0.3, -0.25) is 0 Å². The molecule has 0 radical (unpaired) electrons. The van der Waals surface area contributed by atoms with Gasteiger partial charge in [-0.15, -0.1) is 0 Å². The van der Waals surface area contributed by atoms with E-state index in [4.69, 9.17) is 10.5 Å². The predicted molar refractivity (Wildman–Crippen MR) is 93.6 cm³/mol. The lowest BCUT2D eigenvalue weighted by Crippen LogP contribution is -2.20. The molecule has 0 bridgehead atoms. The van der Waals surface area contributed by atoms with Gasteiger partial charge in [-0.05, 0) is 48.4 Å². The van der Waals surface area contributed by atoms with Crippen molar-refractivity contribution < 1.29 is 4.74 Å². The van der Waals surface area contributed by atoms with Crippen LogP contribution in [0, 0.1) is 6.92 Å². The van der Waals surface area contributed by atoms with Crippen LogP contribution >= 0.6 is 0 Å². The number of nitrogens with zero attached hydrogens (tertiary/aromatic N) is 2. The summed E-state index contributed by atoms with van der Waals surface area (Å²) in [6, 6.07) is 10.1. The number of anilines is 1. The normalized spacial score (nSPS) is 14.0. The highest BCUT2D eigenvalue weighted by Crippen LogP contribution is 2.19. The van der Waals surface area contributed by atoms with Crippen LogP contribution in [0.3, 0.4) is 0 Å². The maximum Gasteiger partial charge on any atom is 0.118 e. The number of hydrogen-bond donors (Lipinski definition) is 1. The van der Waals surface area contributed by atoms with Crippen molar-refractivity contribution in [1.29, 1.82) is 0 Å². The summed E-state index contributed by atoms with van der Waals surface area (Å²) in [4.78, 5) is 2.25. The fourth-order valence-corrected chi connectivity index (χ4v) is 2.62. The molecule has 2 aromatic rings. The van der Waals surface area contributed by atoms with E-state index in [2.05, 4.69) is 34.7 Å². The average Bonchev–Trinajstić information content (AvgIpc) is 3.07. The van der Waals surface area contributed by atoms with E-state index in [0.717, 1.165) is 31.1 Å². The fraction of sp³-hybridized carbons (Fsp3) is 0.263. The fourth-order valence-electron chi connectivity index (χ4n) is 2.62. The van der Waals surface area contributed by atoms with E-state index in [1.165, 1.54) is 11.1 Å². The summed E-state index contributed by atoms with van der Waals surface area (Å²) in [5.41, 5.74) is 9.26. The molecule has 23 heavy (non-hydrogen) atoms. The maximum absolute atomic E-state index is 5.97. The molecule has 1 aromatic heterocycles. The standard InChI is InChI=1S/C19H23N3O/c1-16-17(5-4-6-19(16)20)15-22-11-7-18(8-12-22)23-14-13-21-9-2-3-10-21/h2-11H,12-15,20H2,1H3.